The number of benzene rings is 1. The van der Waals surface area contributed by atoms with Crippen LogP contribution in [0.4, 0.5) is 15.8 Å². The van der Waals surface area contributed by atoms with E-state index in [4.69, 9.17) is 0 Å². The predicted octanol–water partition coefficient (Wildman–Crippen LogP) is 4.26. The average molecular weight is 499 g/mol. The zero-order valence-corrected chi connectivity index (χ0v) is 20.1. The van der Waals surface area contributed by atoms with Crippen LogP contribution in [0.5, 0.6) is 0 Å². The third kappa shape index (κ3) is 4.40. The molecule has 1 aliphatic rings. The van der Waals surface area contributed by atoms with E-state index >= 15 is 0 Å². The number of piperidine rings is 1. The van der Waals surface area contributed by atoms with Crippen LogP contribution < -0.4 is 9.62 Å². The summed E-state index contributed by atoms with van der Waals surface area (Å²) in [5, 5.41) is 9.99. The number of anilines is 2. The molecule has 11 heteroatoms. The summed E-state index contributed by atoms with van der Waals surface area (Å²) in [5.41, 5.74) is 2.74. The van der Waals surface area contributed by atoms with Gasteiger partial charge in [-0.05, 0) is 42.5 Å². The molecule has 0 atom stereocenters. The smallest absolute Gasteiger partial charge is 0.271 e. The van der Waals surface area contributed by atoms with Crippen molar-refractivity contribution >= 4 is 32.7 Å². The summed E-state index contributed by atoms with van der Waals surface area (Å²) in [6.45, 7) is 1.41. The summed E-state index contributed by atoms with van der Waals surface area (Å²) in [6.07, 6.45) is 4.87. The topological polar surface area (TPSA) is 93.0 Å². The Morgan fingerprint density at radius 3 is 2.59 bits per heavy atom. The summed E-state index contributed by atoms with van der Waals surface area (Å²) in [7, 11) is -1.80. The molecule has 1 N–H and O–H groups in total. The van der Waals surface area contributed by atoms with E-state index in [0.29, 0.717) is 24.3 Å². The van der Waals surface area contributed by atoms with Crippen LogP contribution >= 0.6 is 11.3 Å². The van der Waals surface area contributed by atoms with Crippen molar-refractivity contribution in [2.45, 2.75) is 23.0 Å². The lowest BCUT2D eigenvalue weighted by Gasteiger charge is -2.35. The molecule has 5 rings (SSSR count). The van der Waals surface area contributed by atoms with E-state index in [0.717, 1.165) is 41.3 Å². The third-order valence-electron chi connectivity index (χ3n) is 6.00. The van der Waals surface area contributed by atoms with Gasteiger partial charge in [-0.3, -0.25) is 4.72 Å². The molecule has 0 radical (unpaired) electrons. The number of nitrogens with zero attached hydrogens (tertiary/aromatic N) is 5. The first kappa shape index (κ1) is 22.5. The molecule has 0 unspecified atom stereocenters. The van der Waals surface area contributed by atoms with Crippen molar-refractivity contribution in [3.63, 3.8) is 0 Å². The maximum Gasteiger partial charge on any atom is 0.271 e. The fourth-order valence-corrected chi connectivity index (χ4v) is 6.43. The Bertz CT molecular complexity index is 1380. The highest BCUT2D eigenvalue weighted by Gasteiger charge is 2.28. The zero-order valence-electron chi connectivity index (χ0n) is 18.4. The maximum atomic E-state index is 13.5. The van der Waals surface area contributed by atoms with Crippen molar-refractivity contribution in [2.75, 3.05) is 22.7 Å². The lowest BCUT2D eigenvalue weighted by molar-refractivity contribution is 0.474. The normalized spacial score (nSPS) is 14.9. The van der Waals surface area contributed by atoms with Gasteiger partial charge in [-0.15, -0.1) is 21.5 Å². The van der Waals surface area contributed by atoms with Gasteiger partial charge in [0.2, 0.25) is 5.95 Å². The van der Waals surface area contributed by atoms with Gasteiger partial charge in [0.1, 0.15) is 16.4 Å². The van der Waals surface area contributed by atoms with Crippen LogP contribution in [0.3, 0.4) is 0 Å². The van der Waals surface area contributed by atoms with E-state index in [2.05, 4.69) is 24.8 Å². The summed E-state index contributed by atoms with van der Waals surface area (Å²) in [4.78, 5) is 5.98. The molecule has 4 heterocycles. The van der Waals surface area contributed by atoms with Gasteiger partial charge in [0.05, 0.1) is 11.4 Å². The summed E-state index contributed by atoms with van der Waals surface area (Å²) in [6, 6.07) is 11.7. The van der Waals surface area contributed by atoms with Crippen LogP contribution in [0.2, 0.25) is 0 Å². The number of aromatic nitrogens is 4. The molecule has 8 nitrogen and oxygen atoms in total. The largest absolute Gasteiger partial charge is 0.369 e. The highest BCUT2D eigenvalue weighted by atomic mass is 32.2. The minimum atomic E-state index is -3.74. The van der Waals surface area contributed by atoms with Gasteiger partial charge in [0, 0.05) is 43.4 Å². The van der Waals surface area contributed by atoms with E-state index in [1.807, 2.05) is 17.7 Å². The summed E-state index contributed by atoms with van der Waals surface area (Å²) < 4.78 is 44.5. The second-order valence-electron chi connectivity index (χ2n) is 8.17. The molecule has 1 aromatic carbocycles. The van der Waals surface area contributed by atoms with Gasteiger partial charge in [0.25, 0.3) is 10.0 Å². The molecule has 0 saturated carbocycles. The Hall–Kier alpha value is -3.31. The van der Waals surface area contributed by atoms with E-state index in [1.165, 1.54) is 12.3 Å². The number of para-hydroxylation sites is 1. The van der Waals surface area contributed by atoms with Crippen molar-refractivity contribution in [3.8, 4) is 11.1 Å². The number of hydrogen-bond acceptors (Lipinski definition) is 7. The minimum absolute atomic E-state index is 0.244. The Morgan fingerprint density at radius 1 is 1.12 bits per heavy atom. The Labute approximate surface area is 201 Å². The molecular weight excluding hydrogens is 475 g/mol. The third-order valence-corrected chi connectivity index (χ3v) is 8.76. The number of hydrogen-bond donors (Lipinski definition) is 1. The highest BCUT2D eigenvalue weighted by Crippen LogP contribution is 2.41. The molecule has 0 aliphatic carbocycles. The Kier molecular flexibility index (Phi) is 6.05. The van der Waals surface area contributed by atoms with Gasteiger partial charge >= 0.3 is 0 Å². The SMILES string of the molecule is Cn1cnnc1C1CCN(c2c(NS(=O)(=O)c3cccs3)cccc2-c2ccc(F)nc2)CC1. The molecule has 0 spiro atoms. The van der Waals surface area contributed by atoms with Crippen LogP contribution in [0.1, 0.15) is 24.6 Å². The number of nitrogens with one attached hydrogen (secondary N) is 1. The molecule has 3 aromatic heterocycles. The Morgan fingerprint density at radius 2 is 1.94 bits per heavy atom. The van der Waals surface area contributed by atoms with Gasteiger partial charge in [-0.2, -0.15) is 4.39 Å². The summed E-state index contributed by atoms with van der Waals surface area (Å²) >= 11 is 1.16. The molecular formula is C23H23FN6O2S2. The van der Waals surface area contributed by atoms with Crippen molar-refractivity contribution in [1.29, 1.82) is 0 Å². The number of halogens is 1. The number of thiophene rings is 1. The van der Waals surface area contributed by atoms with Crippen LogP contribution in [0, 0.1) is 5.95 Å². The average Bonchev–Trinajstić information content (AvgIpc) is 3.52. The van der Waals surface area contributed by atoms with E-state index in [-0.39, 0.29) is 10.1 Å². The molecule has 1 saturated heterocycles. The molecule has 0 amide bonds. The first-order valence-corrected chi connectivity index (χ1v) is 13.2. The molecule has 34 heavy (non-hydrogen) atoms. The van der Waals surface area contributed by atoms with E-state index in [1.54, 1.807) is 42.0 Å². The van der Waals surface area contributed by atoms with Gasteiger partial charge in [-0.1, -0.05) is 18.2 Å². The van der Waals surface area contributed by atoms with Crippen LogP contribution in [-0.2, 0) is 17.1 Å². The van der Waals surface area contributed by atoms with E-state index < -0.39 is 16.0 Å². The second kappa shape index (κ2) is 9.15. The zero-order chi connectivity index (χ0) is 23.7. The van der Waals surface area contributed by atoms with Crippen molar-refractivity contribution in [3.05, 3.63) is 72.1 Å². The lowest BCUT2D eigenvalue weighted by Crippen LogP contribution is -2.34. The number of pyridine rings is 1. The summed E-state index contributed by atoms with van der Waals surface area (Å²) in [5.74, 6) is 0.660. The quantitative estimate of drug-likeness (QED) is 0.399. The lowest BCUT2D eigenvalue weighted by atomic mass is 9.94. The van der Waals surface area contributed by atoms with Crippen LogP contribution in [0.25, 0.3) is 11.1 Å². The minimum Gasteiger partial charge on any atom is -0.369 e. The molecule has 0 bridgehead atoms. The molecule has 1 aliphatic heterocycles. The first-order chi connectivity index (χ1) is 16.4. The van der Waals surface area contributed by atoms with Crippen molar-refractivity contribution in [1.82, 2.24) is 19.7 Å². The standard InChI is InChI=1S/C23H23FN6O2S2/c1-29-15-26-27-23(29)16-9-11-30(12-10-16)22-18(17-7-8-20(24)25-14-17)4-2-5-19(22)28-34(31,32)21-6-3-13-33-21/h2-8,13-16,28H,9-12H2,1H3. The number of aryl methyl sites for hydroxylation is 1. The van der Waals surface area contributed by atoms with Crippen LogP contribution in [-0.4, -0.2) is 41.3 Å². The van der Waals surface area contributed by atoms with Crippen molar-refractivity contribution in [2.24, 2.45) is 7.05 Å². The van der Waals surface area contributed by atoms with Gasteiger partial charge < -0.3 is 9.47 Å². The number of rotatable bonds is 6. The maximum absolute atomic E-state index is 13.5. The van der Waals surface area contributed by atoms with E-state index in [9.17, 15) is 12.8 Å². The van der Waals surface area contributed by atoms with Gasteiger partial charge in [-0.25, -0.2) is 13.4 Å². The predicted molar refractivity (Wildman–Crippen MR) is 130 cm³/mol. The molecule has 4 aromatic rings. The molecule has 1 fully saturated rings. The highest BCUT2D eigenvalue weighted by molar-refractivity contribution is 7.94. The molecule has 176 valence electrons. The second-order valence-corrected chi connectivity index (χ2v) is 11.0. The number of sulfonamides is 1. The van der Waals surface area contributed by atoms with Crippen molar-refractivity contribution < 1.29 is 12.8 Å². The van der Waals surface area contributed by atoms with Gasteiger partial charge in [0.15, 0.2) is 0 Å². The monoisotopic (exact) mass is 498 g/mol. The fraction of sp³-hybridized carbons (Fsp3) is 0.261. The van der Waals surface area contributed by atoms with Crippen LogP contribution in [0.15, 0.2) is 64.6 Å². The Balaban J connectivity index is 1.52. The fourth-order valence-electron chi connectivity index (χ4n) is 4.37. The first-order valence-electron chi connectivity index (χ1n) is 10.8.